The van der Waals surface area contributed by atoms with E-state index in [-0.39, 0.29) is 0 Å². The Labute approximate surface area is 130 Å². The summed E-state index contributed by atoms with van der Waals surface area (Å²) in [6.45, 7) is 3.48. The van der Waals surface area contributed by atoms with Gasteiger partial charge in [0, 0.05) is 38.1 Å². The van der Waals surface area contributed by atoms with E-state index in [1.54, 1.807) is 0 Å². The van der Waals surface area contributed by atoms with Crippen LogP contribution in [0.5, 0.6) is 0 Å². The lowest BCUT2D eigenvalue weighted by Gasteiger charge is -2.22. The molecule has 3 rings (SSSR count). The molecular formula is C16H20ClN3O. The quantitative estimate of drug-likeness (QED) is 0.898. The zero-order chi connectivity index (χ0) is 14.5. The molecule has 1 aromatic heterocycles. The van der Waals surface area contributed by atoms with E-state index in [1.807, 2.05) is 24.4 Å². The van der Waals surface area contributed by atoms with Crippen molar-refractivity contribution in [3.05, 3.63) is 41.2 Å². The van der Waals surface area contributed by atoms with E-state index in [4.69, 9.17) is 16.3 Å². The smallest absolute Gasteiger partial charge is 0.126 e. The number of nitrogens with zero attached hydrogens (tertiary/aromatic N) is 1. The minimum Gasteiger partial charge on any atom is -0.386 e. The van der Waals surface area contributed by atoms with Crippen molar-refractivity contribution < 1.29 is 4.74 Å². The first kappa shape index (κ1) is 14.4. The summed E-state index contributed by atoms with van der Waals surface area (Å²) in [5.74, 6) is 1.58. The molecule has 2 aliphatic rings. The summed E-state index contributed by atoms with van der Waals surface area (Å²) >= 11 is 6.22. The lowest BCUT2D eigenvalue weighted by Crippen LogP contribution is -2.23. The van der Waals surface area contributed by atoms with Crippen molar-refractivity contribution in [3.63, 3.8) is 0 Å². The van der Waals surface area contributed by atoms with Crippen LogP contribution in [-0.4, -0.2) is 31.3 Å². The summed E-state index contributed by atoms with van der Waals surface area (Å²) in [5.41, 5.74) is 1.90. The van der Waals surface area contributed by atoms with Crippen molar-refractivity contribution in [2.75, 3.05) is 31.6 Å². The van der Waals surface area contributed by atoms with E-state index in [1.165, 1.54) is 0 Å². The molecule has 1 saturated heterocycles. The molecule has 2 aliphatic heterocycles. The standard InChI is InChI=1S/C16H20ClN3O/c17-14-11-18-7-4-13(14)15-2-1-3-16(20-15)19-10-12-5-8-21-9-6-12/h1-4,11-12,18H,5-10H2,(H,19,20). The minimum absolute atomic E-state index is 0.672. The number of hydrogen-bond acceptors (Lipinski definition) is 4. The fraction of sp³-hybridized carbons (Fsp3) is 0.438. The molecule has 5 heteroatoms. The van der Waals surface area contributed by atoms with Crippen molar-refractivity contribution in [1.82, 2.24) is 10.3 Å². The maximum absolute atomic E-state index is 6.22. The molecule has 2 N–H and O–H groups in total. The lowest BCUT2D eigenvalue weighted by atomic mass is 10.0. The molecule has 1 aromatic rings. The Morgan fingerprint density at radius 2 is 2.19 bits per heavy atom. The van der Waals surface area contributed by atoms with E-state index < -0.39 is 0 Å². The number of rotatable bonds is 4. The Morgan fingerprint density at radius 3 is 3.00 bits per heavy atom. The number of dihydropyridines is 1. The average molecular weight is 306 g/mol. The van der Waals surface area contributed by atoms with Gasteiger partial charge in [-0.2, -0.15) is 0 Å². The van der Waals surface area contributed by atoms with Crippen LogP contribution >= 0.6 is 11.6 Å². The number of nitrogens with one attached hydrogen (secondary N) is 2. The van der Waals surface area contributed by atoms with Gasteiger partial charge in [-0.15, -0.1) is 0 Å². The number of aromatic nitrogens is 1. The lowest BCUT2D eigenvalue weighted by molar-refractivity contribution is 0.0699. The fourth-order valence-electron chi connectivity index (χ4n) is 2.59. The molecule has 21 heavy (non-hydrogen) atoms. The summed E-state index contributed by atoms with van der Waals surface area (Å²) in [6.07, 6.45) is 6.13. The molecule has 3 heterocycles. The van der Waals surface area contributed by atoms with E-state index in [0.717, 1.165) is 56.2 Å². The third-order valence-electron chi connectivity index (χ3n) is 3.85. The predicted octanol–water partition coefficient (Wildman–Crippen LogP) is 2.99. The largest absolute Gasteiger partial charge is 0.386 e. The number of anilines is 1. The summed E-state index contributed by atoms with van der Waals surface area (Å²) in [4.78, 5) is 4.67. The van der Waals surface area contributed by atoms with Crippen LogP contribution in [0.25, 0.3) is 5.57 Å². The highest BCUT2D eigenvalue weighted by molar-refractivity contribution is 6.37. The van der Waals surface area contributed by atoms with Crippen molar-refractivity contribution >= 4 is 23.0 Å². The second-order valence-corrected chi connectivity index (χ2v) is 5.77. The van der Waals surface area contributed by atoms with Gasteiger partial charge in [0.1, 0.15) is 5.82 Å². The van der Waals surface area contributed by atoms with Crippen LogP contribution in [0.2, 0.25) is 0 Å². The molecule has 112 valence electrons. The molecule has 1 fully saturated rings. The van der Waals surface area contributed by atoms with Gasteiger partial charge in [0.2, 0.25) is 0 Å². The van der Waals surface area contributed by atoms with Crippen molar-refractivity contribution in [1.29, 1.82) is 0 Å². The number of ether oxygens (including phenoxy) is 1. The van der Waals surface area contributed by atoms with Gasteiger partial charge >= 0.3 is 0 Å². The van der Waals surface area contributed by atoms with Gasteiger partial charge in [0.15, 0.2) is 0 Å². The third kappa shape index (κ3) is 3.77. The van der Waals surface area contributed by atoms with E-state index in [9.17, 15) is 0 Å². The molecular weight excluding hydrogens is 286 g/mol. The number of halogens is 1. The van der Waals surface area contributed by atoms with Crippen LogP contribution in [0, 0.1) is 5.92 Å². The van der Waals surface area contributed by atoms with E-state index >= 15 is 0 Å². The van der Waals surface area contributed by atoms with Crippen LogP contribution < -0.4 is 10.6 Å². The van der Waals surface area contributed by atoms with Gasteiger partial charge in [-0.05, 0) is 30.9 Å². The van der Waals surface area contributed by atoms with Crippen LogP contribution in [0.15, 0.2) is 35.5 Å². The molecule has 0 aliphatic carbocycles. The van der Waals surface area contributed by atoms with Crippen LogP contribution in [0.1, 0.15) is 18.5 Å². The summed E-state index contributed by atoms with van der Waals surface area (Å²) < 4.78 is 5.38. The SMILES string of the molecule is ClC1=CNCC=C1c1cccc(NCC2CCOCC2)n1. The summed E-state index contributed by atoms with van der Waals surface area (Å²) in [6, 6.07) is 6.01. The second kappa shape index (κ2) is 6.96. The maximum atomic E-state index is 6.22. The zero-order valence-corrected chi connectivity index (χ0v) is 12.7. The zero-order valence-electron chi connectivity index (χ0n) is 11.9. The predicted molar refractivity (Wildman–Crippen MR) is 86.2 cm³/mol. The molecule has 0 aromatic carbocycles. The number of allylic oxidation sites excluding steroid dienone is 2. The Hall–Kier alpha value is -1.52. The van der Waals surface area contributed by atoms with Gasteiger partial charge in [-0.25, -0.2) is 4.98 Å². The first-order valence-electron chi connectivity index (χ1n) is 7.41. The van der Waals surface area contributed by atoms with Gasteiger partial charge in [-0.1, -0.05) is 23.7 Å². The Morgan fingerprint density at radius 1 is 1.33 bits per heavy atom. The molecule has 0 saturated carbocycles. The second-order valence-electron chi connectivity index (χ2n) is 5.36. The minimum atomic E-state index is 0.672. The van der Waals surface area contributed by atoms with Crippen molar-refractivity contribution in [3.8, 4) is 0 Å². The first-order valence-corrected chi connectivity index (χ1v) is 7.79. The van der Waals surface area contributed by atoms with E-state index in [2.05, 4.69) is 21.7 Å². The molecule has 0 amide bonds. The Kier molecular flexibility index (Phi) is 4.78. The Bertz CT molecular complexity index is 550. The molecule has 0 bridgehead atoms. The third-order valence-corrected chi connectivity index (χ3v) is 4.16. The normalized spacial score (nSPS) is 19.5. The van der Waals surface area contributed by atoms with Crippen LogP contribution in [0.4, 0.5) is 5.82 Å². The highest BCUT2D eigenvalue weighted by atomic mass is 35.5. The number of hydrogen-bond donors (Lipinski definition) is 2. The van der Waals surface area contributed by atoms with Crippen LogP contribution in [0.3, 0.4) is 0 Å². The average Bonchev–Trinajstić information content (AvgIpc) is 2.55. The molecule has 0 spiro atoms. The highest BCUT2D eigenvalue weighted by Crippen LogP contribution is 2.26. The molecule has 0 atom stereocenters. The first-order chi connectivity index (χ1) is 10.3. The Balaban J connectivity index is 1.65. The monoisotopic (exact) mass is 305 g/mol. The fourth-order valence-corrected chi connectivity index (χ4v) is 2.85. The van der Waals surface area contributed by atoms with E-state index in [0.29, 0.717) is 11.0 Å². The topological polar surface area (TPSA) is 46.2 Å². The van der Waals surface area contributed by atoms with Crippen molar-refractivity contribution in [2.24, 2.45) is 5.92 Å². The molecule has 0 unspecified atom stereocenters. The van der Waals surface area contributed by atoms with Gasteiger partial charge in [-0.3, -0.25) is 0 Å². The van der Waals surface area contributed by atoms with Crippen molar-refractivity contribution in [2.45, 2.75) is 12.8 Å². The number of pyridine rings is 1. The van der Waals surface area contributed by atoms with Gasteiger partial charge in [0.05, 0.1) is 10.7 Å². The maximum Gasteiger partial charge on any atom is 0.126 e. The van der Waals surface area contributed by atoms with Gasteiger partial charge < -0.3 is 15.4 Å². The highest BCUT2D eigenvalue weighted by Gasteiger charge is 2.14. The molecule has 0 radical (unpaired) electrons. The van der Waals surface area contributed by atoms with Gasteiger partial charge in [0.25, 0.3) is 0 Å². The summed E-state index contributed by atoms with van der Waals surface area (Å²) in [5, 5.41) is 7.23. The molecule has 4 nitrogen and oxygen atoms in total. The summed E-state index contributed by atoms with van der Waals surface area (Å²) in [7, 11) is 0. The van der Waals surface area contributed by atoms with Crippen LogP contribution in [-0.2, 0) is 4.74 Å².